The Bertz CT molecular complexity index is 617. The van der Waals surface area contributed by atoms with Crippen LogP contribution in [0.25, 0.3) is 0 Å². The molecule has 1 atom stereocenters. The zero-order chi connectivity index (χ0) is 19.0. The highest BCUT2D eigenvalue weighted by atomic mass is 19.4. The van der Waals surface area contributed by atoms with E-state index in [2.05, 4.69) is 10.6 Å². The molecule has 1 aromatic rings. The van der Waals surface area contributed by atoms with Crippen molar-refractivity contribution in [2.24, 2.45) is 0 Å². The van der Waals surface area contributed by atoms with Gasteiger partial charge in [0.25, 0.3) is 0 Å². The predicted octanol–water partition coefficient (Wildman–Crippen LogP) is 0.955. The van der Waals surface area contributed by atoms with Gasteiger partial charge >= 0.3 is 12.1 Å². The van der Waals surface area contributed by atoms with Crippen LogP contribution in [0, 0.1) is 0 Å². The molecule has 7 nitrogen and oxygen atoms in total. The van der Waals surface area contributed by atoms with Crippen molar-refractivity contribution in [2.75, 3.05) is 19.0 Å². The maximum absolute atomic E-state index is 12.2. The van der Waals surface area contributed by atoms with Crippen molar-refractivity contribution in [1.29, 1.82) is 0 Å². The number of rotatable bonds is 7. The van der Waals surface area contributed by atoms with Crippen LogP contribution in [0.1, 0.15) is 12.5 Å². The lowest BCUT2D eigenvalue weighted by Crippen LogP contribution is -2.48. The second-order valence-corrected chi connectivity index (χ2v) is 5.08. The zero-order valence-corrected chi connectivity index (χ0v) is 13.6. The van der Waals surface area contributed by atoms with Gasteiger partial charge in [-0.15, -0.1) is 0 Å². The van der Waals surface area contributed by atoms with Gasteiger partial charge < -0.3 is 20.7 Å². The van der Waals surface area contributed by atoms with Crippen LogP contribution in [0.5, 0.6) is 0 Å². The number of methoxy groups -OCH3 is 1. The number of hydrogen-bond acceptors (Lipinski definition) is 4. The van der Waals surface area contributed by atoms with Crippen molar-refractivity contribution in [2.45, 2.75) is 25.7 Å². The number of halogens is 3. The van der Waals surface area contributed by atoms with Gasteiger partial charge in [-0.25, -0.2) is 0 Å². The molecular formula is C15H18F3N3O4. The van der Waals surface area contributed by atoms with Gasteiger partial charge in [-0.3, -0.25) is 14.4 Å². The summed E-state index contributed by atoms with van der Waals surface area (Å²) in [5, 5.41) is 6.72. The molecule has 1 aromatic carbocycles. The summed E-state index contributed by atoms with van der Waals surface area (Å²) in [5.41, 5.74) is 0.574. The van der Waals surface area contributed by atoms with Crippen molar-refractivity contribution >= 4 is 23.4 Å². The number of amides is 3. The minimum atomic E-state index is -4.97. The fraction of sp³-hybridized carbons (Fsp3) is 0.400. The lowest BCUT2D eigenvalue weighted by atomic mass is 10.2. The summed E-state index contributed by atoms with van der Waals surface area (Å²) in [6.45, 7) is 1.35. The molecule has 0 heterocycles. The van der Waals surface area contributed by atoms with Gasteiger partial charge in [-0.05, 0) is 17.7 Å². The predicted molar refractivity (Wildman–Crippen MR) is 82.5 cm³/mol. The molecule has 0 aliphatic carbocycles. The summed E-state index contributed by atoms with van der Waals surface area (Å²) in [6, 6.07) is 4.62. The number of carbonyl (C=O) groups is 3. The lowest BCUT2D eigenvalue weighted by Gasteiger charge is -2.16. The molecule has 0 unspecified atom stereocenters. The molecule has 0 saturated carbocycles. The average Bonchev–Trinajstić information content (AvgIpc) is 2.52. The highest BCUT2D eigenvalue weighted by Crippen LogP contribution is 2.18. The van der Waals surface area contributed by atoms with Crippen LogP contribution in [-0.2, 0) is 25.7 Å². The third kappa shape index (κ3) is 7.21. The van der Waals surface area contributed by atoms with E-state index in [-0.39, 0.29) is 24.7 Å². The van der Waals surface area contributed by atoms with Gasteiger partial charge in [0.2, 0.25) is 11.8 Å². The maximum atomic E-state index is 12.2. The molecule has 0 radical (unpaired) electrons. The van der Waals surface area contributed by atoms with Gasteiger partial charge in [0, 0.05) is 26.3 Å². The number of benzene rings is 1. The first-order chi connectivity index (χ1) is 11.6. The molecule has 0 aliphatic heterocycles. The first kappa shape index (κ1) is 20.4. The summed E-state index contributed by atoms with van der Waals surface area (Å²) in [6.07, 6.45) is -4.97. The Kier molecular flexibility index (Phi) is 7.37. The molecule has 10 heteroatoms. The minimum Gasteiger partial charge on any atom is -0.382 e. The second kappa shape index (κ2) is 9.02. The van der Waals surface area contributed by atoms with E-state index in [1.165, 1.54) is 38.3 Å². The quantitative estimate of drug-likeness (QED) is 0.674. The third-order valence-electron chi connectivity index (χ3n) is 2.96. The molecule has 0 bridgehead atoms. The molecular weight excluding hydrogens is 343 g/mol. The topological polar surface area (TPSA) is 96.5 Å². The van der Waals surface area contributed by atoms with Crippen molar-refractivity contribution in [3.8, 4) is 0 Å². The van der Waals surface area contributed by atoms with E-state index in [4.69, 9.17) is 4.74 Å². The van der Waals surface area contributed by atoms with Crippen molar-refractivity contribution in [3.05, 3.63) is 29.8 Å². The Morgan fingerprint density at radius 1 is 1.16 bits per heavy atom. The van der Waals surface area contributed by atoms with E-state index < -0.39 is 24.0 Å². The molecule has 0 spiro atoms. The average molecular weight is 361 g/mol. The summed E-state index contributed by atoms with van der Waals surface area (Å²) >= 11 is 0. The van der Waals surface area contributed by atoms with Gasteiger partial charge in [0.15, 0.2) is 0 Å². The highest BCUT2D eigenvalue weighted by molar-refractivity contribution is 5.94. The van der Waals surface area contributed by atoms with Crippen LogP contribution in [0.2, 0.25) is 0 Å². The summed E-state index contributed by atoms with van der Waals surface area (Å²) in [7, 11) is 1.38. The minimum absolute atomic E-state index is 0.00613. The number of alkyl halides is 3. The molecule has 25 heavy (non-hydrogen) atoms. The van der Waals surface area contributed by atoms with Crippen molar-refractivity contribution in [1.82, 2.24) is 10.6 Å². The Labute approximate surface area is 141 Å². The first-order valence-electron chi connectivity index (χ1n) is 7.14. The maximum Gasteiger partial charge on any atom is 0.471 e. The number of nitrogens with one attached hydrogen (secondary N) is 3. The summed E-state index contributed by atoms with van der Waals surface area (Å²) in [5.74, 6) is -2.92. The molecule has 0 aliphatic rings. The molecule has 3 N–H and O–H groups in total. The summed E-state index contributed by atoms with van der Waals surface area (Å²) in [4.78, 5) is 33.8. The fourth-order valence-electron chi connectivity index (χ4n) is 1.82. The Morgan fingerprint density at radius 2 is 1.76 bits per heavy atom. The molecule has 3 amide bonds. The van der Waals surface area contributed by atoms with Crippen LogP contribution in [-0.4, -0.2) is 43.7 Å². The van der Waals surface area contributed by atoms with Crippen molar-refractivity contribution in [3.63, 3.8) is 0 Å². The van der Waals surface area contributed by atoms with Gasteiger partial charge in [-0.1, -0.05) is 12.1 Å². The van der Waals surface area contributed by atoms with Crippen LogP contribution in [0.15, 0.2) is 24.3 Å². The van der Waals surface area contributed by atoms with E-state index >= 15 is 0 Å². The molecule has 1 rings (SSSR count). The largest absolute Gasteiger partial charge is 0.471 e. The SMILES string of the molecule is COC[C@@H](NC(C)=O)C(=O)NCc1ccc(NC(=O)C(F)(F)F)cc1. The van der Waals surface area contributed by atoms with Gasteiger partial charge in [-0.2, -0.15) is 13.2 Å². The lowest BCUT2D eigenvalue weighted by molar-refractivity contribution is -0.167. The van der Waals surface area contributed by atoms with Crippen LogP contribution in [0.3, 0.4) is 0 Å². The monoisotopic (exact) mass is 361 g/mol. The van der Waals surface area contributed by atoms with E-state index in [1.807, 2.05) is 0 Å². The number of anilines is 1. The molecule has 0 saturated heterocycles. The van der Waals surface area contributed by atoms with Gasteiger partial charge in [0.05, 0.1) is 6.61 Å². The second-order valence-electron chi connectivity index (χ2n) is 5.08. The standard InChI is InChI=1S/C15H18F3N3O4/c1-9(22)20-12(8-25-2)13(23)19-7-10-3-5-11(6-4-10)21-14(24)15(16,17)18/h3-6,12H,7-8H2,1-2H3,(H,19,23)(H,20,22)(H,21,24)/t12-/m1/s1. The number of carbonyl (C=O) groups excluding carboxylic acids is 3. The molecule has 138 valence electrons. The van der Waals surface area contributed by atoms with E-state index in [0.717, 1.165) is 0 Å². The van der Waals surface area contributed by atoms with Crippen LogP contribution < -0.4 is 16.0 Å². The normalized spacial score (nSPS) is 12.2. The number of ether oxygens (including phenoxy) is 1. The fourth-order valence-corrected chi connectivity index (χ4v) is 1.82. The van der Waals surface area contributed by atoms with E-state index in [9.17, 15) is 27.6 Å². The smallest absolute Gasteiger partial charge is 0.382 e. The highest BCUT2D eigenvalue weighted by Gasteiger charge is 2.38. The Hall–Kier alpha value is -2.62. The van der Waals surface area contributed by atoms with E-state index in [0.29, 0.717) is 5.56 Å². The first-order valence-corrected chi connectivity index (χ1v) is 7.14. The van der Waals surface area contributed by atoms with Crippen LogP contribution in [0.4, 0.5) is 18.9 Å². The number of hydrogen-bond donors (Lipinski definition) is 3. The van der Waals surface area contributed by atoms with Gasteiger partial charge in [0.1, 0.15) is 6.04 Å². The Morgan fingerprint density at radius 3 is 2.24 bits per heavy atom. The van der Waals surface area contributed by atoms with E-state index in [1.54, 1.807) is 5.32 Å². The zero-order valence-electron chi connectivity index (χ0n) is 13.6. The van der Waals surface area contributed by atoms with Crippen LogP contribution >= 0.6 is 0 Å². The molecule has 0 fully saturated rings. The molecule has 0 aromatic heterocycles. The van der Waals surface area contributed by atoms with Crippen molar-refractivity contribution < 1.29 is 32.3 Å². The Balaban J connectivity index is 2.59. The third-order valence-corrected chi connectivity index (χ3v) is 2.96. The summed E-state index contributed by atoms with van der Waals surface area (Å²) < 4.78 is 41.3.